The highest BCUT2D eigenvalue weighted by molar-refractivity contribution is 5.85. The minimum Gasteiger partial charge on any atom is -0.476 e. The van der Waals surface area contributed by atoms with E-state index >= 15 is 0 Å². The van der Waals surface area contributed by atoms with E-state index in [0.29, 0.717) is 5.56 Å². The van der Waals surface area contributed by atoms with Crippen LogP contribution in [0.1, 0.15) is 40.0 Å². The van der Waals surface area contributed by atoms with E-state index < -0.39 is 17.1 Å². The molecule has 0 saturated carbocycles. The van der Waals surface area contributed by atoms with Gasteiger partial charge in [0.1, 0.15) is 0 Å². The first kappa shape index (κ1) is 13.5. The van der Waals surface area contributed by atoms with Crippen molar-refractivity contribution in [1.82, 2.24) is 9.78 Å². The summed E-state index contributed by atoms with van der Waals surface area (Å²) in [5, 5.41) is 13.1. The normalized spacial score (nSPS) is 13.8. The Labute approximate surface area is 121 Å². The number of aromatic carboxylic acids is 1. The molecule has 0 spiro atoms. The van der Waals surface area contributed by atoms with Crippen molar-refractivity contribution >= 4 is 5.97 Å². The average molecular weight is 284 g/mol. The highest BCUT2D eigenvalue weighted by Gasteiger charge is 2.18. The summed E-state index contributed by atoms with van der Waals surface area (Å²) in [6.45, 7) is 1.61. The van der Waals surface area contributed by atoms with E-state index in [1.807, 2.05) is 12.1 Å². The molecule has 108 valence electrons. The van der Waals surface area contributed by atoms with E-state index in [2.05, 4.69) is 11.2 Å². The van der Waals surface area contributed by atoms with Gasteiger partial charge in [-0.15, -0.1) is 0 Å². The number of carboxylic acid groups (broad SMARTS) is 1. The molecule has 0 unspecified atom stereocenters. The number of carbonyl (C=O) groups is 1. The Hall–Kier alpha value is -2.43. The fourth-order valence-electron chi connectivity index (χ4n) is 2.85. The second-order valence-corrected chi connectivity index (χ2v) is 5.36. The molecule has 0 atom stereocenters. The Kier molecular flexibility index (Phi) is 3.33. The summed E-state index contributed by atoms with van der Waals surface area (Å²) in [5.74, 6) is -1.29. The Morgan fingerprint density at radius 3 is 2.81 bits per heavy atom. The summed E-state index contributed by atoms with van der Waals surface area (Å²) in [7, 11) is 0. The van der Waals surface area contributed by atoms with Crippen molar-refractivity contribution in [2.24, 2.45) is 0 Å². The molecule has 0 saturated heterocycles. The molecular weight excluding hydrogens is 268 g/mol. The number of hydrogen-bond donors (Lipinski definition) is 1. The van der Waals surface area contributed by atoms with Crippen LogP contribution in [0.4, 0.5) is 0 Å². The Morgan fingerprint density at radius 2 is 2.05 bits per heavy atom. The van der Waals surface area contributed by atoms with Crippen LogP contribution < -0.4 is 5.43 Å². The van der Waals surface area contributed by atoms with E-state index in [4.69, 9.17) is 5.11 Å². The molecular formula is C16H16N2O3. The molecule has 1 aliphatic carbocycles. The number of rotatable bonds is 2. The Bertz CT molecular complexity index is 778. The first-order valence-electron chi connectivity index (χ1n) is 7.03. The maximum Gasteiger partial charge on any atom is 0.360 e. The molecule has 0 aliphatic heterocycles. The molecule has 0 radical (unpaired) electrons. The quantitative estimate of drug-likeness (QED) is 0.916. The third kappa shape index (κ3) is 2.35. The molecule has 0 amide bonds. The van der Waals surface area contributed by atoms with Crippen molar-refractivity contribution in [3.8, 4) is 5.69 Å². The largest absolute Gasteiger partial charge is 0.476 e. The lowest BCUT2D eigenvalue weighted by atomic mass is 9.90. The highest BCUT2D eigenvalue weighted by Crippen LogP contribution is 2.26. The predicted octanol–water partition coefficient (Wildman–Crippen LogP) is 2.12. The number of aryl methyl sites for hydroxylation is 2. The molecule has 1 aromatic heterocycles. The zero-order valence-electron chi connectivity index (χ0n) is 11.8. The molecule has 0 bridgehead atoms. The first-order chi connectivity index (χ1) is 10.1. The molecule has 1 aliphatic rings. The van der Waals surface area contributed by atoms with Crippen molar-refractivity contribution in [2.45, 2.75) is 32.6 Å². The van der Waals surface area contributed by atoms with Crippen molar-refractivity contribution in [3.63, 3.8) is 0 Å². The van der Waals surface area contributed by atoms with Gasteiger partial charge in [0.2, 0.25) is 11.1 Å². The van der Waals surface area contributed by atoms with Gasteiger partial charge in [0, 0.05) is 11.8 Å². The fraction of sp³-hybridized carbons (Fsp3) is 0.312. The number of aromatic nitrogens is 2. The molecule has 0 fully saturated rings. The fourth-order valence-corrected chi connectivity index (χ4v) is 2.85. The standard InChI is InChI=1S/C16H16N2O3/c1-10-9-18(17-14(15(10)19)16(20)21)13-8-4-6-11-5-2-3-7-12(11)13/h4,6,8-9H,2-3,5,7H2,1H3,(H,20,21). The lowest BCUT2D eigenvalue weighted by Gasteiger charge is -2.20. The number of carboxylic acids is 1. The van der Waals surface area contributed by atoms with Crippen LogP contribution in [0, 0.1) is 6.92 Å². The minimum atomic E-state index is -1.29. The summed E-state index contributed by atoms with van der Waals surface area (Å²) < 4.78 is 1.53. The summed E-state index contributed by atoms with van der Waals surface area (Å²) in [4.78, 5) is 23.0. The Balaban J connectivity index is 2.22. The second-order valence-electron chi connectivity index (χ2n) is 5.36. The van der Waals surface area contributed by atoms with E-state index in [-0.39, 0.29) is 0 Å². The van der Waals surface area contributed by atoms with Gasteiger partial charge < -0.3 is 5.11 Å². The molecule has 1 N–H and O–H groups in total. The molecule has 2 aromatic rings. The molecule has 5 heteroatoms. The monoisotopic (exact) mass is 284 g/mol. The smallest absolute Gasteiger partial charge is 0.360 e. The average Bonchev–Trinajstić information content (AvgIpc) is 2.49. The second kappa shape index (κ2) is 5.16. The van der Waals surface area contributed by atoms with Crippen molar-refractivity contribution in [1.29, 1.82) is 0 Å². The van der Waals surface area contributed by atoms with Gasteiger partial charge in [-0.25, -0.2) is 9.48 Å². The highest BCUT2D eigenvalue weighted by atomic mass is 16.4. The minimum absolute atomic E-state index is 0.385. The molecule has 3 rings (SSSR count). The third-order valence-electron chi connectivity index (χ3n) is 3.92. The zero-order valence-corrected chi connectivity index (χ0v) is 11.8. The number of nitrogens with zero attached hydrogens (tertiary/aromatic N) is 2. The van der Waals surface area contributed by atoms with E-state index in [9.17, 15) is 9.59 Å². The van der Waals surface area contributed by atoms with Crippen LogP contribution in [-0.4, -0.2) is 20.9 Å². The van der Waals surface area contributed by atoms with Gasteiger partial charge >= 0.3 is 5.97 Å². The van der Waals surface area contributed by atoms with Gasteiger partial charge in [0.25, 0.3) is 0 Å². The summed E-state index contributed by atoms with van der Waals surface area (Å²) in [6.07, 6.45) is 5.90. The van der Waals surface area contributed by atoms with E-state index in [1.54, 1.807) is 13.1 Å². The summed E-state index contributed by atoms with van der Waals surface area (Å²) in [6, 6.07) is 5.98. The predicted molar refractivity (Wildman–Crippen MR) is 78.2 cm³/mol. The Morgan fingerprint density at radius 1 is 1.29 bits per heavy atom. The van der Waals surface area contributed by atoms with Gasteiger partial charge in [-0.05, 0) is 49.8 Å². The van der Waals surface area contributed by atoms with Crippen molar-refractivity contribution < 1.29 is 9.90 Å². The summed E-state index contributed by atoms with van der Waals surface area (Å²) in [5.41, 5.74) is 2.80. The lowest BCUT2D eigenvalue weighted by molar-refractivity contribution is 0.0686. The van der Waals surface area contributed by atoms with Gasteiger partial charge in [-0.3, -0.25) is 4.79 Å². The van der Waals surface area contributed by atoms with Crippen LogP contribution in [0.25, 0.3) is 5.69 Å². The molecule has 5 nitrogen and oxygen atoms in total. The SMILES string of the molecule is Cc1cn(-c2cccc3c2CCCC3)nc(C(=O)O)c1=O. The zero-order chi connectivity index (χ0) is 15.0. The van der Waals surface area contributed by atoms with Gasteiger partial charge in [0.05, 0.1) is 5.69 Å². The van der Waals surface area contributed by atoms with Crippen LogP contribution in [0.5, 0.6) is 0 Å². The van der Waals surface area contributed by atoms with Crippen LogP contribution >= 0.6 is 0 Å². The summed E-state index contributed by atoms with van der Waals surface area (Å²) >= 11 is 0. The molecule has 21 heavy (non-hydrogen) atoms. The van der Waals surface area contributed by atoms with Crippen LogP contribution in [0.2, 0.25) is 0 Å². The van der Waals surface area contributed by atoms with E-state index in [0.717, 1.165) is 24.9 Å². The van der Waals surface area contributed by atoms with Crippen molar-refractivity contribution in [3.05, 3.63) is 57.0 Å². The number of hydrogen-bond acceptors (Lipinski definition) is 3. The van der Waals surface area contributed by atoms with Gasteiger partial charge in [-0.2, -0.15) is 5.10 Å². The van der Waals surface area contributed by atoms with Gasteiger partial charge in [0.15, 0.2) is 0 Å². The number of fused-ring (bicyclic) bond motifs is 1. The molecule has 1 aromatic carbocycles. The number of benzene rings is 1. The topological polar surface area (TPSA) is 72.2 Å². The van der Waals surface area contributed by atoms with E-state index in [1.165, 1.54) is 22.2 Å². The van der Waals surface area contributed by atoms with Gasteiger partial charge in [-0.1, -0.05) is 12.1 Å². The van der Waals surface area contributed by atoms with Crippen molar-refractivity contribution in [2.75, 3.05) is 0 Å². The first-order valence-corrected chi connectivity index (χ1v) is 7.03. The van der Waals surface area contributed by atoms with Crippen LogP contribution in [0.15, 0.2) is 29.2 Å². The third-order valence-corrected chi connectivity index (χ3v) is 3.92. The maximum absolute atomic E-state index is 11.8. The van der Waals surface area contributed by atoms with Crippen LogP contribution in [0.3, 0.4) is 0 Å². The molecule has 1 heterocycles. The maximum atomic E-state index is 11.8. The lowest BCUT2D eigenvalue weighted by Crippen LogP contribution is -2.24. The van der Waals surface area contributed by atoms with Crippen LogP contribution in [-0.2, 0) is 12.8 Å².